The molecular weight excluding hydrogens is 260 g/mol. The summed E-state index contributed by atoms with van der Waals surface area (Å²) >= 11 is 0. The van der Waals surface area contributed by atoms with Crippen LogP contribution in [0.5, 0.6) is 5.75 Å². The maximum atomic E-state index is 12.2. The molecule has 0 heterocycles. The quantitative estimate of drug-likeness (QED) is 0.770. The van der Waals surface area contributed by atoms with Crippen LogP contribution in [0.25, 0.3) is 0 Å². The van der Waals surface area contributed by atoms with Crippen LogP contribution in [-0.4, -0.2) is 34.8 Å². The number of aliphatic carboxylic acids is 1. The van der Waals surface area contributed by atoms with Gasteiger partial charge in [0.1, 0.15) is 11.8 Å². The third kappa shape index (κ3) is 3.63. The molecular formula is C14H20N2O4. The van der Waals surface area contributed by atoms with Crippen LogP contribution >= 0.6 is 0 Å². The van der Waals surface area contributed by atoms with E-state index in [2.05, 4.69) is 5.32 Å². The fraction of sp³-hybridized carbons (Fsp3) is 0.429. The van der Waals surface area contributed by atoms with Crippen LogP contribution in [0.15, 0.2) is 18.2 Å². The molecule has 0 spiro atoms. The normalized spacial score (nSPS) is 11.8. The summed E-state index contributed by atoms with van der Waals surface area (Å²) < 4.78 is 0. The standard InChI is InChI=1S/C14H20N2O4/c1-4-11(13(18)19)15-14(20)16(5-2)12-8-10(17)7-6-9(12)3/h6-8,11,17H,4-5H2,1-3H3,(H,15,20)(H,18,19)/t11-/m1/s1. The fourth-order valence-corrected chi connectivity index (χ4v) is 1.88. The Balaban J connectivity index is 2.98. The van der Waals surface area contributed by atoms with Gasteiger partial charge in [-0.05, 0) is 31.9 Å². The predicted octanol–water partition coefficient (Wildman–Crippen LogP) is 2.10. The molecule has 1 aromatic rings. The number of benzene rings is 1. The molecule has 0 aromatic heterocycles. The highest BCUT2D eigenvalue weighted by Gasteiger charge is 2.22. The maximum Gasteiger partial charge on any atom is 0.326 e. The smallest absolute Gasteiger partial charge is 0.326 e. The highest BCUT2D eigenvalue weighted by atomic mass is 16.4. The predicted molar refractivity (Wildman–Crippen MR) is 76.1 cm³/mol. The Morgan fingerprint density at radius 3 is 2.50 bits per heavy atom. The second-order valence-corrected chi connectivity index (χ2v) is 4.46. The lowest BCUT2D eigenvalue weighted by molar-refractivity contribution is -0.139. The van der Waals surface area contributed by atoms with Crippen molar-refractivity contribution in [2.24, 2.45) is 0 Å². The van der Waals surface area contributed by atoms with Gasteiger partial charge in [0.25, 0.3) is 0 Å². The average Bonchev–Trinajstić information content (AvgIpc) is 2.40. The van der Waals surface area contributed by atoms with Crippen LogP contribution in [0.3, 0.4) is 0 Å². The number of hydrogen-bond acceptors (Lipinski definition) is 3. The van der Waals surface area contributed by atoms with E-state index in [1.54, 1.807) is 19.9 Å². The number of carboxylic acids is 1. The number of phenolic OH excluding ortho intramolecular Hbond substituents is 1. The minimum Gasteiger partial charge on any atom is -0.508 e. The third-order valence-electron chi connectivity index (χ3n) is 3.05. The molecule has 0 saturated carbocycles. The van der Waals surface area contributed by atoms with Gasteiger partial charge in [-0.1, -0.05) is 13.0 Å². The number of nitrogens with one attached hydrogen (secondary N) is 1. The zero-order valence-corrected chi connectivity index (χ0v) is 11.9. The summed E-state index contributed by atoms with van der Waals surface area (Å²) in [6.45, 7) is 5.66. The summed E-state index contributed by atoms with van der Waals surface area (Å²) in [6.07, 6.45) is 0.303. The first-order valence-corrected chi connectivity index (χ1v) is 6.51. The molecule has 0 aliphatic rings. The van der Waals surface area contributed by atoms with E-state index >= 15 is 0 Å². The number of carboxylic acid groups (broad SMARTS) is 1. The van der Waals surface area contributed by atoms with Crippen molar-refractivity contribution in [2.45, 2.75) is 33.2 Å². The average molecular weight is 280 g/mol. The second-order valence-electron chi connectivity index (χ2n) is 4.46. The highest BCUT2D eigenvalue weighted by Crippen LogP contribution is 2.25. The Morgan fingerprint density at radius 1 is 1.35 bits per heavy atom. The lowest BCUT2D eigenvalue weighted by Crippen LogP contribution is -2.48. The summed E-state index contributed by atoms with van der Waals surface area (Å²) in [4.78, 5) is 24.5. The number of phenols is 1. The van der Waals surface area contributed by atoms with Gasteiger partial charge in [-0.15, -0.1) is 0 Å². The van der Waals surface area contributed by atoms with E-state index in [0.29, 0.717) is 18.7 Å². The van der Waals surface area contributed by atoms with Gasteiger partial charge >= 0.3 is 12.0 Å². The number of carbonyl (C=O) groups excluding carboxylic acids is 1. The Morgan fingerprint density at radius 2 is 2.00 bits per heavy atom. The molecule has 3 N–H and O–H groups in total. The minimum atomic E-state index is -1.07. The van der Waals surface area contributed by atoms with Crippen molar-refractivity contribution in [3.05, 3.63) is 23.8 Å². The maximum absolute atomic E-state index is 12.2. The number of carbonyl (C=O) groups is 2. The molecule has 20 heavy (non-hydrogen) atoms. The molecule has 1 aromatic carbocycles. The Hall–Kier alpha value is -2.24. The van der Waals surface area contributed by atoms with Crippen molar-refractivity contribution in [1.82, 2.24) is 5.32 Å². The highest BCUT2D eigenvalue weighted by molar-refractivity contribution is 5.95. The van der Waals surface area contributed by atoms with Gasteiger partial charge in [-0.25, -0.2) is 9.59 Å². The van der Waals surface area contributed by atoms with Gasteiger partial charge in [0.15, 0.2) is 0 Å². The van der Waals surface area contributed by atoms with Crippen molar-refractivity contribution in [2.75, 3.05) is 11.4 Å². The molecule has 0 aliphatic carbocycles. The molecule has 0 unspecified atom stereocenters. The zero-order chi connectivity index (χ0) is 15.3. The molecule has 0 aliphatic heterocycles. The Kier molecular flexibility index (Phi) is 5.37. The fourth-order valence-electron chi connectivity index (χ4n) is 1.88. The number of aryl methyl sites for hydroxylation is 1. The molecule has 1 atom stereocenters. The summed E-state index contributed by atoms with van der Waals surface area (Å²) in [6, 6.07) is 3.32. The van der Waals surface area contributed by atoms with Crippen molar-refractivity contribution in [3.63, 3.8) is 0 Å². The first-order valence-electron chi connectivity index (χ1n) is 6.51. The third-order valence-corrected chi connectivity index (χ3v) is 3.05. The Labute approximate surface area is 118 Å². The number of aromatic hydroxyl groups is 1. The molecule has 0 saturated heterocycles. The molecule has 0 bridgehead atoms. The number of amides is 2. The van der Waals surface area contributed by atoms with Crippen LogP contribution in [-0.2, 0) is 4.79 Å². The largest absolute Gasteiger partial charge is 0.508 e. The number of rotatable bonds is 5. The summed E-state index contributed by atoms with van der Waals surface area (Å²) in [7, 11) is 0. The zero-order valence-electron chi connectivity index (χ0n) is 11.9. The van der Waals surface area contributed by atoms with Crippen molar-refractivity contribution in [1.29, 1.82) is 0 Å². The summed E-state index contributed by atoms with van der Waals surface area (Å²) in [5, 5.41) is 21.0. The molecule has 2 amide bonds. The van der Waals surface area contributed by atoms with Gasteiger partial charge in [-0.2, -0.15) is 0 Å². The van der Waals surface area contributed by atoms with E-state index in [0.717, 1.165) is 5.56 Å². The lowest BCUT2D eigenvalue weighted by Gasteiger charge is -2.25. The number of urea groups is 1. The van der Waals surface area contributed by atoms with Gasteiger partial charge in [0.2, 0.25) is 0 Å². The first-order chi connectivity index (χ1) is 9.40. The molecule has 0 fully saturated rings. The van der Waals surface area contributed by atoms with Crippen molar-refractivity contribution < 1.29 is 19.8 Å². The molecule has 6 nitrogen and oxygen atoms in total. The number of hydrogen-bond donors (Lipinski definition) is 3. The second kappa shape index (κ2) is 6.79. The molecule has 0 radical (unpaired) electrons. The van der Waals surface area contributed by atoms with E-state index in [9.17, 15) is 14.7 Å². The topological polar surface area (TPSA) is 89.9 Å². The van der Waals surface area contributed by atoms with Gasteiger partial charge in [-0.3, -0.25) is 4.90 Å². The van der Waals surface area contributed by atoms with E-state index < -0.39 is 18.0 Å². The van der Waals surface area contributed by atoms with E-state index in [4.69, 9.17) is 5.11 Å². The summed E-state index contributed by atoms with van der Waals surface area (Å²) in [5.41, 5.74) is 1.38. The van der Waals surface area contributed by atoms with E-state index in [1.807, 2.05) is 6.92 Å². The van der Waals surface area contributed by atoms with Crippen LogP contribution < -0.4 is 10.2 Å². The molecule has 1 rings (SSSR count). The lowest BCUT2D eigenvalue weighted by atomic mass is 10.1. The van der Waals surface area contributed by atoms with Crippen LogP contribution in [0.4, 0.5) is 10.5 Å². The SMILES string of the molecule is CC[C@@H](NC(=O)N(CC)c1cc(O)ccc1C)C(=O)O. The summed E-state index contributed by atoms with van der Waals surface area (Å²) in [5.74, 6) is -1.01. The number of anilines is 1. The van der Waals surface area contributed by atoms with Crippen LogP contribution in [0, 0.1) is 6.92 Å². The van der Waals surface area contributed by atoms with Gasteiger partial charge in [0.05, 0.1) is 5.69 Å². The van der Waals surface area contributed by atoms with Crippen LogP contribution in [0.2, 0.25) is 0 Å². The van der Waals surface area contributed by atoms with E-state index in [-0.39, 0.29) is 5.75 Å². The van der Waals surface area contributed by atoms with Crippen molar-refractivity contribution in [3.8, 4) is 5.75 Å². The van der Waals surface area contributed by atoms with Gasteiger partial charge in [0, 0.05) is 12.6 Å². The van der Waals surface area contributed by atoms with Crippen LogP contribution in [0.1, 0.15) is 25.8 Å². The number of nitrogens with zero attached hydrogens (tertiary/aromatic N) is 1. The van der Waals surface area contributed by atoms with E-state index in [1.165, 1.54) is 17.0 Å². The van der Waals surface area contributed by atoms with Crippen molar-refractivity contribution >= 4 is 17.7 Å². The molecule has 6 heteroatoms. The van der Waals surface area contributed by atoms with Gasteiger partial charge < -0.3 is 15.5 Å². The first kappa shape index (κ1) is 15.8. The minimum absolute atomic E-state index is 0.0575. The Bertz CT molecular complexity index is 502. The molecule has 110 valence electrons. The monoisotopic (exact) mass is 280 g/mol.